The van der Waals surface area contributed by atoms with Gasteiger partial charge in [-0.25, -0.2) is 0 Å². The zero-order chi connectivity index (χ0) is 15.3. The fraction of sp³-hybridized carbons (Fsp3) is 0.579. The van der Waals surface area contributed by atoms with Crippen LogP contribution in [0.3, 0.4) is 0 Å². The van der Waals surface area contributed by atoms with Crippen molar-refractivity contribution in [1.29, 1.82) is 0 Å². The molecule has 1 aromatic rings. The largest absolute Gasteiger partial charge is 0.478 e. The molecule has 1 nitrogen and oxygen atoms in total. The highest BCUT2D eigenvalue weighted by Crippen LogP contribution is 2.42. The van der Waals surface area contributed by atoms with Crippen LogP contribution in [0.1, 0.15) is 59.4 Å². The van der Waals surface area contributed by atoms with Gasteiger partial charge < -0.3 is 4.74 Å². The SMILES string of the molecule is C#CC(C)Oc1ccc(C(C(C)CC)C(C)(C)C)cc1. The maximum absolute atomic E-state index is 5.63. The number of hydrogen-bond acceptors (Lipinski definition) is 1. The lowest BCUT2D eigenvalue weighted by molar-refractivity contribution is 0.241. The molecule has 0 saturated carbocycles. The van der Waals surface area contributed by atoms with Crippen LogP contribution in [-0.4, -0.2) is 6.10 Å². The lowest BCUT2D eigenvalue weighted by Gasteiger charge is -2.36. The summed E-state index contributed by atoms with van der Waals surface area (Å²) in [5, 5.41) is 0. The average molecular weight is 272 g/mol. The van der Waals surface area contributed by atoms with Crippen LogP contribution in [0, 0.1) is 23.7 Å². The van der Waals surface area contributed by atoms with Crippen molar-refractivity contribution in [3.63, 3.8) is 0 Å². The van der Waals surface area contributed by atoms with Gasteiger partial charge >= 0.3 is 0 Å². The molecular weight excluding hydrogens is 244 g/mol. The molecule has 0 radical (unpaired) electrons. The topological polar surface area (TPSA) is 9.23 Å². The summed E-state index contributed by atoms with van der Waals surface area (Å²) in [6.07, 6.45) is 6.34. The minimum Gasteiger partial charge on any atom is -0.478 e. The minimum absolute atomic E-state index is 0.186. The van der Waals surface area contributed by atoms with Crippen LogP contribution in [0.15, 0.2) is 24.3 Å². The summed E-state index contributed by atoms with van der Waals surface area (Å²) >= 11 is 0. The van der Waals surface area contributed by atoms with Crippen molar-refractivity contribution in [1.82, 2.24) is 0 Å². The van der Waals surface area contributed by atoms with Crippen molar-refractivity contribution in [3.05, 3.63) is 29.8 Å². The van der Waals surface area contributed by atoms with Crippen molar-refractivity contribution in [3.8, 4) is 18.1 Å². The van der Waals surface area contributed by atoms with E-state index in [1.165, 1.54) is 12.0 Å². The van der Waals surface area contributed by atoms with E-state index in [9.17, 15) is 0 Å². The van der Waals surface area contributed by atoms with Crippen molar-refractivity contribution >= 4 is 0 Å². The summed E-state index contributed by atoms with van der Waals surface area (Å²) in [4.78, 5) is 0. The second-order valence-corrected chi connectivity index (χ2v) is 6.73. The van der Waals surface area contributed by atoms with Gasteiger partial charge in [0.15, 0.2) is 6.10 Å². The van der Waals surface area contributed by atoms with Gasteiger partial charge in [0.05, 0.1) is 0 Å². The van der Waals surface area contributed by atoms with E-state index in [0.717, 1.165) is 5.75 Å². The number of benzene rings is 1. The Morgan fingerprint density at radius 3 is 2.10 bits per heavy atom. The summed E-state index contributed by atoms with van der Waals surface area (Å²) in [5.74, 6) is 4.63. The van der Waals surface area contributed by atoms with E-state index in [-0.39, 0.29) is 11.5 Å². The van der Waals surface area contributed by atoms with E-state index < -0.39 is 0 Å². The lowest BCUT2D eigenvalue weighted by Crippen LogP contribution is -2.24. The Labute approximate surface area is 124 Å². The third-order valence-electron chi connectivity index (χ3n) is 3.93. The lowest BCUT2D eigenvalue weighted by atomic mass is 9.69. The van der Waals surface area contributed by atoms with Crippen molar-refractivity contribution in [2.24, 2.45) is 11.3 Å². The minimum atomic E-state index is -0.186. The fourth-order valence-electron chi connectivity index (χ4n) is 2.91. The van der Waals surface area contributed by atoms with Gasteiger partial charge in [0.1, 0.15) is 5.75 Å². The molecule has 20 heavy (non-hydrogen) atoms. The standard InChI is InChI=1S/C19H28O/c1-8-14(3)18(19(5,6)7)16-10-12-17(13-11-16)20-15(4)9-2/h2,10-15,18H,8H2,1,3-7H3. The summed E-state index contributed by atoms with van der Waals surface area (Å²) in [6.45, 7) is 13.4. The quantitative estimate of drug-likeness (QED) is 0.664. The number of terminal acetylenes is 1. The van der Waals surface area contributed by atoms with Gasteiger partial charge in [-0.15, -0.1) is 6.42 Å². The van der Waals surface area contributed by atoms with Crippen LogP contribution in [0.25, 0.3) is 0 Å². The molecule has 0 aliphatic heterocycles. The second-order valence-electron chi connectivity index (χ2n) is 6.73. The molecule has 1 aromatic carbocycles. The van der Waals surface area contributed by atoms with E-state index in [1.807, 2.05) is 19.1 Å². The average Bonchev–Trinajstić information content (AvgIpc) is 2.39. The molecule has 0 heterocycles. The number of hydrogen-bond donors (Lipinski definition) is 0. The van der Waals surface area contributed by atoms with Gasteiger partial charge in [-0.3, -0.25) is 0 Å². The van der Waals surface area contributed by atoms with E-state index >= 15 is 0 Å². The predicted molar refractivity (Wildman–Crippen MR) is 87.0 cm³/mol. The van der Waals surface area contributed by atoms with Gasteiger partial charge in [-0.05, 0) is 41.9 Å². The van der Waals surface area contributed by atoms with Crippen molar-refractivity contribution in [2.45, 2.75) is 60.0 Å². The van der Waals surface area contributed by atoms with Crippen LogP contribution >= 0.6 is 0 Å². The first-order chi connectivity index (χ1) is 9.29. The zero-order valence-corrected chi connectivity index (χ0v) is 13.7. The molecule has 0 fully saturated rings. The summed E-state index contributed by atoms with van der Waals surface area (Å²) in [6, 6.07) is 8.43. The van der Waals surface area contributed by atoms with Crippen LogP contribution in [0.5, 0.6) is 5.75 Å². The molecule has 0 N–H and O–H groups in total. The first kappa shape index (κ1) is 16.6. The van der Waals surface area contributed by atoms with Crippen molar-refractivity contribution in [2.75, 3.05) is 0 Å². The molecule has 0 saturated heterocycles. The van der Waals surface area contributed by atoms with Crippen LogP contribution in [-0.2, 0) is 0 Å². The maximum atomic E-state index is 5.63. The highest BCUT2D eigenvalue weighted by Gasteiger charge is 2.30. The van der Waals surface area contributed by atoms with Gasteiger partial charge in [0.25, 0.3) is 0 Å². The molecule has 0 aliphatic carbocycles. The monoisotopic (exact) mass is 272 g/mol. The molecule has 1 rings (SSSR count). The van der Waals surface area contributed by atoms with E-state index in [0.29, 0.717) is 11.8 Å². The molecule has 0 amide bonds. The van der Waals surface area contributed by atoms with Crippen LogP contribution in [0.2, 0.25) is 0 Å². The summed E-state index contributed by atoms with van der Waals surface area (Å²) in [7, 11) is 0. The van der Waals surface area contributed by atoms with E-state index in [1.54, 1.807) is 0 Å². The molecule has 3 unspecified atom stereocenters. The first-order valence-corrected chi connectivity index (χ1v) is 7.52. The molecule has 0 aromatic heterocycles. The normalized spacial score (nSPS) is 16.1. The van der Waals surface area contributed by atoms with E-state index in [4.69, 9.17) is 11.2 Å². The third-order valence-corrected chi connectivity index (χ3v) is 3.93. The Hall–Kier alpha value is -1.42. The Kier molecular flexibility index (Phi) is 5.69. The molecule has 3 atom stereocenters. The van der Waals surface area contributed by atoms with Gasteiger partial charge in [-0.1, -0.05) is 59.1 Å². The van der Waals surface area contributed by atoms with E-state index in [2.05, 4.69) is 52.7 Å². The summed E-state index contributed by atoms with van der Waals surface area (Å²) < 4.78 is 5.63. The Morgan fingerprint density at radius 1 is 1.15 bits per heavy atom. The highest BCUT2D eigenvalue weighted by molar-refractivity contribution is 5.31. The smallest absolute Gasteiger partial charge is 0.156 e. The predicted octanol–water partition coefficient (Wildman–Crippen LogP) is 5.26. The van der Waals surface area contributed by atoms with Gasteiger partial charge in [-0.2, -0.15) is 0 Å². The zero-order valence-electron chi connectivity index (χ0n) is 13.7. The Bertz CT molecular complexity index is 444. The van der Waals surface area contributed by atoms with Crippen LogP contribution in [0.4, 0.5) is 0 Å². The van der Waals surface area contributed by atoms with Crippen molar-refractivity contribution < 1.29 is 4.74 Å². The number of ether oxygens (including phenoxy) is 1. The Balaban J connectivity index is 2.97. The van der Waals surface area contributed by atoms with Gasteiger partial charge in [0.2, 0.25) is 0 Å². The molecular formula is C19H28O. The highest BCUT2D eigenvalue weighted by atomic mass is 16.5. The third kappa shape index (κ3) is 4.30. The maximum Gasteiger partial charge on any atom is 0.156 e. The first-order valence-electron chi connectivity index (χ1n) is 7.52. The molecule has 0 spiro atoms. The molecule has 0 aliphatic rings. The second kappa shape index (κ2) is 6.84. The van der Waals surface area contributed by atoms with Crippen LogP contribution < -0.4 is 4.74 Å². The molecule has 1 heteroatoms. The summed E-state index contributed by atoms with van der Waals surface area (Å²) in [5.41, 5.74) is 1.64. The number of rotatable bonds is 5. The van der Waals surface area contributed by atoms with Gasteiger partial charge in [0, 0.05) is 0 Å². The fourth-order valence-corrected chi connectivity index (χ4v) is 2.91. The Morgan fingerprint density at radius 2 is 1.70 bits per heavy atom. The molecule has 0 bridgehead atoms. The molecule has 110 valence electrons.